The minimum Gasteiger partial charge on any atom is -0.464 e. The summed E-state index contributed by atoms with van der Waals surface area (Å²) in [6.45, 7) is 3.93. The number of nitrogens with zero attached hydrogens (tertiary/aromatic N) is 2. The molecule has 0 unspecified atom stereocenters. The molecule has 19 heavy (non-hydrogen) atoms. The van der Waals surface area contributed by atoms with Gasteiger partial charge in [-0.2, -0.15) is 0 Å². The van der Waals surface area contributed by atoms with E-state index in [1.165, 1.54) is 0 Å². The first-order chi connectivity index (χ1) is 9.38. The van der Waals surface area contributed by atoms with Gasteiger partial charge in [0, 0.05) is 11.9 Å². The zero-order valence-corrected chi connectivity index (χ0v) is 11.5. The molecule has 0 saturated heterocycles. The van der Waals surface area contributed by atoms with E-state index in [1.807, 2.05) is 24.3 Å². The number of aromatic nitrogens is 2. The average Bonchev–Trinajstić information content (AvgIpc) is 3.05. The van der Waals surface area contributed by atoms with Gasteiger partial charge in [0.05, 0.1) is 5.56 Å². The van der Waals surface area contributed by atoms with Crippen LogP contribution >= 0.6 is 11.3 Å². The molecule has 1 aromatic carbocycles. The number of benzene rings is 1. The van der Waals surface area contributed by atoms with Gasteiger partial charge in [-0.3, -0.25) is 0 Å². The van der Waals surface area contributed by atoms with Gasteiger partial charge in [-0.15, -0.1) is 10.2 Å². The Hall–Kier alpha value is -1.72. The lowest BCUT2D eigenvalue weighted by Gasteiger charge is -1.96. The lowest BCUT2D eigenvalue weighted by atomic mass is 10.2. The molecule has 4 nitrogen and oxygen atoms in total. The van der Waals surface area contributed by atoms with Gasteiger partial charge >= 0.3 is 0 Å². The van der Waals surface area contributed by atoms with Crippen molar-refractivity contribution in [1.29, 1.82) is 0 Å². The van der Waals surface area contributed by atoms with E-state index < -0.39 is 0 Å². The van der Waals surface area contributed by atoms with E-state index in [0.717, 1.165) is 46.1 Å². The average molecular weight is 273 g/mol. The summed E-state index contributed by atoms with van der Waals surface area (Å²) in [5, 5.41) is 14.8. The molecule has 0 atom stereocenters. The van der Waals surface area contributed by atoms with Crippen molar-refractivity contribution < 1.29 is 4.42 Å². The molecule has 0 aliphatic carbocycles. The van der Waals surface area contributed by atoms with Gasteiger partial charge in [-0.25, -0.2) is 0 Å². The van der Waals surface area contributed by atoms with Crippen molar-refractivity contribution in [3.63, 3.8) is 0 Å². The molecule has 0 bridgehead atoms. The molecule has 3 aromatic rings. The molecular formula is C14H15N3OS. The van der Waals surface area contributed by atoms with Gasteiger partial charge < -0.3 is 9.73 Å². The van der Waals surface area contributed by atoms with Crippen molar-refractivity contribution in [2.45, 2.75) is 19.9 Å². The van der Waals surface area contributed by atoms with Crippen molar-refractivity contribution in [2.24, 2.45) is 0 Å². The first-order valence-electron chi connectivity index (χ1n) is 6.38. The Morgan fingerprint density at radius 3 is 3.05 bits per heavy atom. The molecule has 0 saturated carbocycles. The molecule has 0 spiro atoms. The molecule has 0 aliphatic rings. The van der Waals surface area contributed by atoms with E-state index in [9.17, 15) is 0 Å². The second-order valence-corrected chi connectivity index (χ2v) is 5.39. The number of para-hydroxylation sites is 1. The van der Waals surface area contributed by atoms with Crippen LogP contribution in [-0.2, 0) is 6.54 Å². The SMILES string of the molecule is CCCNCc1nnc(-c2coc3ccccc23)s1. The number of hydrogen-bond acceptors (Lipinski definition) is 5. The van der Waals surface area contributed by atoms with Crippen LogP contribution in [-0.4, -0.2) is 16.7 Å². The normalized spacial score (nSPS) is 11.2. The van der Waals surface area contributed by atoms with Gasteiger partial charge in [-0.1, -0.05) is 36.5 Å². The van der Waals surface area contributed by atoms with Gasteiger partial charge in [0.2, 0.25) is 0 Å². The third kappa shape index (κ3) is 2.52. The van der Waals surface area contributed by atoms with E-state index in [1.54, 1.807) is 17.6 Å². The van der Waals surface area contributed by atoms with Gasteiger partial charge in [-0.05, 0) is 19.0 Å². The minimum atomic E-state index is 0.779. The molecule has 2 aromatic heterocycles. The highest BCUT2D eigenvalue weighted by Crippen LogP contribution is 2.32. The smallest absolute Gasteiger partial charge is 0.151 e. The maximum atomic E-state index is 5.53. The predicted molar refractivity (Wildman–Crippen MR) is 77.1 cm³/mol. The lowest BCUT2D eigenvalue weighted by molar-refractivity contribution is 0.617. The summed E-state index contributed by atoms with van der Waals surface area (Å²) in [6, 6.07) is 7.98. The van der Waals surface area contributed by atoms with Crippen LogP contribution in [0.3, 0.4) is 0 Å². The minimum absolute atomic E-state index is 0.779. The Morgan fingerprint density at radius 1 is 1.26 bits per heavy atom. The maximum Gasteiger partial charge on any atom is 0.151 e. The number of rotatable bonds is 5. The van der Waals surface area contributed by atoms with Crippen molar-refractivity contribution in [3.05, 3.63) is 35.5 Å². The van der Waals surface area contributed by atoms with E-state index >= 15 is 0 Å². The first kappa shape index (κ1) is 12.3. The van der Waals surface area contributed by atoms with Crippen molar-refractivity contribution in [1.82, 2.24) is 15.5 Å². The van der Waals surface area contributed by atoms with Crippen molar-refractivity contribution in [2.75, 3.05) is 6.54 Å². The van der Waals surface area contributed by atoms with Crippen LogP contribution in [0.1, 0.15) is 18.4 Å². The summed E-state index contributed by atoms with van der Waals surface area (Å²) in [6.07, 6.45) is 2.88. The van der Waals surface area contributed by atoms with Crippen LogP contribution in [0.5, 0.6) is 0 Å². The molecular weight excluding hydrogens is 258 g/mol. The van der Waals surface area contributed by atoms with E-state index in [0.29, 0.717) is 0 Å². The summed E-state index contributed by atoms with van der Waals surface area (Å²) in [4.78, 5) is 0. The number of furan rings is 1. The summed E-state index contributed by atoms with van der Waals surface area (Å²) in [7, 11) is 0. The predicted octanol–water partition coefficient (Wildman–Crippen LogP) is 3.45. The Balaban J connectivity index is 1.86. The highest BCUT2D eigenvalue weighted by Gasteiger charge is 2.12. The second kappa shape index (κ2) is 5.50. The van der Waals surface area contributed by atoms with Crippen LogP contribution < -0.4 is 5.32 Å². The summed E-state index contributed by atoms with van der Waals surface area (Å²) in [5.41, 5.74) is 1.91. The number of hydrogen-bond donors (Lipinski definition) is 1. The molecule has 1 N–H and O–H groups in total. The van der Waals surface area contributed by atoms with E-state index in [2.05, 4.69) is 22.4 Å². The largest absolute Gasteiger partial charge is 0.464 e. The fourth-order valence-corrected chi connectivity index (χ4v) is 2.78. The molecule has 98 valence electrons. The Morgan fingerprint density at radius 2 is 2.16 bits per heavy atom. The topological polar surface area (TPSA) is 51.0 Å². The van der Waals surface area contributed by atoms with E-state index in [-0.39, 0.29) is 0 Å². The van der Waals surface area contributed by atoms with Crippen LogP contribution in [0, 0.1) is 0 Å². The Bertz CT molecular complexity index is 674. The monoisotopic (exact) mass is 273 g/mol. The van der Waals surface area contributed by atoms with Crippen LogP contribution in [0.15, 0.2) is 34.9 Å². The summed E-state index contributed by atoms with van der Waals surface area (Å²) < 4.78 is 5.53. The molecule has 5 heteroatoms. The number of fused-ring (bicyclic) bond motifs is 1. The fourth-order valence-electron chi connectivity index (χ4n) is 1.95. The third-order valence-corrected chi connectivity index (χ3v) is 3.84. The molecule has 3 rings (SSSR count). The van der Waals surface area contributed by atoms with Gasteiger partial charge in [0.1, 0.15) is 16.9 Å². The molecule has 0 fully saturated rings. The first-order valence-corrected chi connectivity index (χ1v) is 7.20. The summed E-state index contributed by atoms with van der Waals surface area (Å²) in [5.74, 6) is 0. The number of nitrogens with one attached hydrogen (secondary N) is 1. The molecule has 0 amide bonds. The molecule has 2 heterocycles. The van der Waals surface area contributed by atoms with Crippen molar-refractivity contribution >= 4 is 22.3 Å². The molecule has 0 aliphatic heterocycles. The quantitative estimate of drug-likeness (QED) is 0.723. The Kier molecular flexibility index (Phi) is 3.57. The lowest BCUT2D eigenvalue weighted by Crippen LogP contribution is -2.13. The van der Waals surface area contributed by atoms with E-state index in [4.69, 9.17) is 4.42 Å². The zero-order valence-electron chi connectivity index (χ0n) is 10.7. The Labute approximate surface area is 115 Å². The van der Waals surface area contributed by atoms with Crippen LogP contribution in [0.4, 0.5) is 0 Å². The standard InChI is InChI=1S/C14H15N3OS/c1-2-7-15-8-13-16-17-14(19-13)11-9-18-12-6-4-3-5-10(11)12/h3-6,9,15H,2,7-8H2,1H3. The van der Waals surface area contributed by atoms with Crippen molar-refractivity contribution in [3.8, 4) is 10.6 Å². The summed E-state index contributed by atoms with van der Waals surface area (Å²) >= 11 is 1.61. The third-order valence-electron chi connectivity index (χ3n) is 2.88. The van der Waals surface area contributed by atoms with Crippen LogP contribution in [0.2, 0.25) is 0 Å². The van der Waals surface area contributed by atoms with Gasteiger partial charge in [0.25, 0.3) is 0 Å². The fraction of sp³-hybridized carbons (Fsp3) is 0.286. The molecule has 0 radical (unpaired) electrons. The highest BCUT2D eigenvalue weighted by atomic mass is 32.1. The second-order valence-electron chi connectivity index (χ2n) is 4.32. The maximum absolute atomic E-state index is 5.53. The highest BCUT2D eigenvalue weighted by molar-refractivity contribution is 7.14. The zero-order chi connectivity index (χ0) is 13.1. The van der Waals surface area contributed by atoms with Gasteiger partial charge in [0.15, 0.2) is 5.01 Å². The van der Waals surface area contributed by atoms with Crippen LogP contribution in [0.25, 0.3) is 21.5 Å².